The average molecular weight is 397 g/mol. The van der Waals surface area contributed by atoms with Gasteiger partial charge in [0.15, 0.2) is 5.78 Å². The highest BCUT2D eigenvalue weighted by Gasteiger charge is 2.29. The Balaban J connectivity index is 1.96. The Kier molecular flexibility index (Phi) is 4.89. The quantitative estimate of drug-likeness (QED) is 0.667. The van der Waals surface area contributed by atoms with Gasteiger partial charge in [-0.2, -0.15) is 0 Å². The van der Waals surface area contributed by atoms with Crippen LogP contribution in [-0.4, -0.2) is 11.3 Å². The van der Waals surface area contributed by atoms with Gasteiger partial charge < -0.3 is 5.32 Å². The van der Waals surface area contributed by atoms with Gasteiger partial charge in [0.25, 0.3) is 0 Å². The lowest BCUT2D eigenvalue weighted by molar-refractivity contribution is -0.119. The molecule has 23 heavy (non-hydrogen) atoms. The molecule has 2 nitrogen and oxygen atoms in total. The van der Waals surface area contributed by atoms with Crippen molar-refractivity contribution in [1.82, 2.24) is 5.32 Å². The SMILES string of the molecule is CC1(C)Cc2cc(Cl)c(Br)cc2C(=CC(=O)C2CCCCC2)N1. The van der Waals surface area contributed by atoms with Gasteiger partial charge in [-0.05, 0) is 66.7 Å². The molecule has 3 rings (SSSR count). The van der Waals surface area contributed by atoms with Crippen LogP contribution in [0.1, 0.15) is 57.1 Å². The van der Waals surface area contributed by atoms with Crippen molar-refractivity contribution in [1.29, 1.82) is 0 Å². The molecule has 1 N–H and O–H groups in total. The molecule has 0 bridgehead atoms. The van der Waals surface area contributed by atoms with Crippen molar-refractivity contribution in [2.24, 2.45) is 5.92 Å². The van der Waals surface area contributed by atoms with E-state index >= 15 is 0 Å². The van der Waals surface area contributed by atoms with E-state index in [1.807, 2.05) is 18.2 Å². The Morgan fingerprint density at radius 1 is 1.30 bits per heavy atom. The Hall–Kier alpha value is -0.800. The van der Waals surface area contributed by atoms with Gasteiger partial charge in [-0.15, -0.1) is 0 Å². The lowest BCUT2D eigenvalue weighted by Crippen LogP contribution is -2.44. The molecule has 1 aliphatic carbocycles. The third kappa shape index (κ3) is 3.83. The second-order valence-electron chi connectivity index (χ2n) is 7.40. The number of benzene rings is 1. The van der Waals surface area contributed by atoms with Crippen LogP contribution in [0.2, 0.25) is 5.02 Å². The molecule has 0 saturated heterocycles. The van der Waals surface area contributed by atoms with Crippen molar-refractivity contribution in [2.45, 2.75) is 57.9 Å². The predicted molar refractivity (Wildman–Crippen MR) is 99.6 cm³/mol. The van der Waals surface area contributed by atoms with Crippen LogP contribution in [0.15, 0.2) is 22.7 Å². The maximum absolute atomic E-state index is 12.7. The minimum absolute atomic E-state index is 0.0805. The first-order valence-corrected chi connectivity index (χ1v) is 9.55. The van der Waals surface area contributed by atoms with Gasteiger partial charge in [0.05, 0.1) is 5.02 Å². The number of allylic oxidation sites excluding steroid dienone is 1. The largest absolute Gasteiger partial charge is 0.379 e. The summed E-state index contributed by atoms with van der Waals surface area (Å²) < 4.78 is 0.871. The van der Waals surface area contributed by atoms with Crippen molar-refractivity contribution in [2.75, 3.05) is 0 Å². The van der Waals surface area contributed by atoms with Crippen LogP contribution in [-0.2, 0) is 11.2 Å². The molecule has 0 atom stereocenters. The molecule has 1 aromatic carbocycles. The second-order valence-corrected chi connectivity index (χ2v) is 8.67. The van der Waals surface area contributed by atoms with Crippen LogP contribution in [0, 0.1) is 5.92 Å². The molecule has 1 aromatic rings. The van der Waals surface area contributed by atoms with Crippen molar-refractivity contribution >= 4 is 39.0 Å². The monoisotopic (exact) mass is 395 g/mol. The fraction of sp³-hybridized carbons (Fsp3) is 0.526. The van der Waals surface area contributed by atoms with Crippen LogP contribution in [0.3, 0.4) is 0 Å². The minimum atomic E-state index is -0.0805. The maximum atomic E-state index is 12.7. The molecule has 1 saturated carbocycles. The minimum Gasteiger partial charge on any atom is -0.379 e. The van der Waals surface area contributed by atoms with E-state index in [1.165, 1.54) is 24.8 Å². The van der Waals surface area contributed by atoms with E-state index in [4.69, 9.17) is 11.6 Å². The van der Waals surface area contributed by atoms with Crippen molar-refractivity contribution in [3.63, 3.8) is 0 Å². The first-order chi connectivity index (χ1) is 10.9. The zero-order valence-corrected chi connectivity index (χ0v) is 16.1. The van der Waals surface area contributed by atoms with Crippen molar-refractivity contribution in [3.05, 3.63) is 38.8 Å². The second kappa shape index (κ2) is 6.60. The number of fused-ring (bicyclic) bond motifs is 1. The Labute approximate surface area is 151 Å². The number of hydrogen-bond donors (Lipinski definition) is 1. The number of nitrogens with one attached hydrogen (secondary N) is 1. The zero-order chi connectivity index (χ0) is 16.6. The Morgan fingerprint density at radius 3 is 2.70 bits per heavy atom. The van der Waals surface area contributed by atoms with E-state index in [0.717, 1.165) is 40.0 Å². The van der Waals surface area contributed by atoms with Gasteiger partial charge in [-0.3, -0.25) is 4.79 Å². The predicted octanol–water partition coefficient (Wildman–Crippen LogP) is 5.52. The molecular weight excluding hydrogens is 374 g/mol. The standard InChI is InChI=1S/C19H23BrClNO/c1-19(2)11-13-8-16(21)15(20)9-14(13)17(22-19)10-18(23)12-6-4-3-5-7-12/h8-10,12,22H,3-7,11H2,1-2H3. The fourth-order valence-electron chi connectivity index (χ4n) is 3.70. The van der Waals surface area contributed by atoms with E-state index in [-0.39, 0.29) is 17.2 Å². The number of rotatable bonds is 2. The van der Waals surface area contributed by atoms with Crippen LogP contribution in [0.4, 0.5) is 0 Å². The van der Waals surface area contributed by atoms with E-state index < -0.39 is 0 Å². The first-order valence-electron chi connectivity index (χ1n) is 8.38. The summed E-state index contributed by atoms with van der Waals surface area (Å²) in [6.45, 7) is 4.32. The number of hydrogen-bond acceptors (Lipinski definition) is 2. The maximum Gasteiger partial charge on any atom is 0.160 e. The summed E-state index contributed by atoms with van der Waals surface area (Å²) in [6.07, 6.45) is 8.40. The summed E-state index contributed by atoms with van der Waals surface area (Å²) in [7, 11) is 0. The number of carbonyl (C=O) groups is 1. The van der Waals surface area contributed by atoms with Gasteiger partial charge in [-0.1, -0.05) is 30.9 Å². The smallest absolute Gasteiger partial charge is 0.160 e. The van der Waals surface area contributed by atoms with Gasteiger partial charge in [0.2, 0.25) is 0 Å². The molecule has 0 amide bonds. The molecule has 124 valence electrons. The molecule has 1 heterocycles. The third-order valence-electron chi connectivity index (χ3n) is 4.84. The number of carbonyl (C=O) groups excluding carboxylic acids is 1. The molecule has 1 aliphatic heterocycles. The van der Waals surface area contributed by atoms with Crippen LogP contribution in [0.5, 0.6) is 0 Å². The lowest BCUT2D eigenvalue weighted by atomic mass is 9.83. The number of ketones is 1. The van der Waals surface area contributed by atoms with E-state index in [0.29, 0.717) is 0 Å². The molecule has 1 fully saturated rings. The van der Waals surface area contributed by atoms with Crippen LogP contribution in [0.25, 0.3) is 5.70 Å². The lowest BCUT2D eigenvalue weighted by Gasteiger charge is -2.36. The average Bonchev–Trinajstić information content (AvgIpc) is 2.49. The fourth-order valence-corrected chi connectivity index (χ4v) is 4.23. The summed E-state index contributed by atoms with van der Waals surface area (Å²) >= 11 is 9.76. The molecule has 2 aliphatic rings. The summed E-state index contributed by atoms with van der Waals surface area (Å²) in [4.78, 5) is 12.7. The van der Waals surface area contributed by atoms with Crippen molar-refractivity contribution in [3.8, 4) is 0 Å². The van der Waals surface area contributed by atoms with Crippen LogP contribution >= 0.6 is 27.5 Å². The van der Waals surface area contributed by atoms with Crippen LogP contribution < -0.4 is 5.32 Å². The van der Waals surface area contributed by atoms with E-state index in [9.17, 15) is 4.79 Å². The molecule has 0 radical (unpaired) electrons. The zero-order valence-electron chi connectivity index (χ0n) is 13.7. The molecule has 0 aromatic heterocycles. The topological polar surface area (TPSA) is 29.1 Å². The van der Waals surface area contributed by atoms with E-state index in [2.05, 4.69) is 35.1 Å². The highest BCUT2D eigenvalue weighted by atomic mass is 79.9. The first kappa shape index (κ1) is 17.0. The van der Waals surface area contributed by atoms with Gasteiger partial charge in [0.1, 0.15) is 0 Å². The van der Waals surface area contributed by atoms with Gasteiger partial charge in [-0.25, -0.2) is 0 Å². The van der Waals surface area contributed by atoms with Gasteiger partial charge in [0, 0.05) is 33.3 Å². The Morgan fingerprint density at radius 2 is 2.00 bits per heavy atom. The van der Waals surface area contributed by atoms with E-state index in [1.54, 1.807) is 0 Å². The molecule has 4 heteroatoms. The third-order valence-corrected chi connectivity index (χ3v) is 6.03. The van der Waals surface area contributed by atoms with Gasteiger partial charge >= 0.3 is 0 Å². The highest BCUT2D eigenvalue weighted by molar-refractivity contribution is 9.10. The number of halogens is 2. The summed E-state index contributed by atoms with van der Waals surface area (Å²) in [5.41, 5.74) is 3.14. The summed E-state index contributed by atoms with van der Waals surface area (Å²) in [5.74, 6) is 0.462. The highest BCUT2D eigenvalue weighted by Crippen LogP contribution is 2.36. The summed E-state index contributed by atoms with van der Waals surface area (Å²) in [5, 5.41) is 4.26. The molecular formula is C19H23BrClNO. The van der Waals surface area contributed by atoms with Crippen molar-refractivity contribution < 1.29 is 4.79 Å². The normalized spacial score (nSPS) is 22.5. The molecule has 0 unspecified atom stereocenters. The molecule has 0 spiro atoms. The Bertz CT molecular complexity index is 660. The summed E-state index contributed by atoms with van der Waals surface area (Å²) in [6, 6.07) is 4.04.